The van der Waals surface area contributed by atoms with Gasteiger partial charge in [0.25, 0.3) is 11.6 Å². The van der Waals surface area contributed by atoms with Crippen LogP contribution in [0.25, 0.3) is 0 Å². The molecule has 0 fully saturated rings. The lowest BCUT2D eigenvalue weighted by Crippen LogP contribution is -2.25. The predicted molar refractivity (Wildman–Crippen MR) is 69.9 cm³/mol. The van der Waals surface area contributed by atoms with E-state index in [1.165, 1.54) is 18.2 Å². The normalized spacial score (nSPS) is 10.4. The number of hydrogen-bond donors (Lipinski definition) is 1. The molecule has 0 radical (unpaired) electrons. The van der Waals surface area contributed by atoms with E-state index in [0.717, 1.165) is 6.42 Å². The lowest BCUT2D eigenvalue weighted by atomic mass is 10.1. The number of hydrogen-bond acceptors (Lipinski definition) is 3. The number of carbonyl (C=O) groups excluding carboxylic acids is 1. The highest BCUT2D eigenvalue weighted by Gasteiger charge is 2.19. The van der Waals surface area contributed by atoms with Gasteiger partial charge in [0.15, 0.2) is 0 Å². The fourth-order valence-corrected chi connectivity index (χ4v) is 1.69. The first-order valence-electron chi connectivity index (χ1n) is 5.64. The fraction of sp³-hybridized carbons (Fsp3) is 0.417. The summed E-state index contributed by atoms with van der Waals surface area (Å²) in [6.07, 6.45) is 0.846. The van der Waals surface area contributed by atoms with Crippen molar-refractivity contribution in [3.63, 3.8) is 0 Å². The summed E-state index contributed by atoms with van der Waals surface area (Å²) in [6.45, 7) is 4.62. The molecular formula is C12H15ClN2O3. The number of halogens is 1. The van der Waals surface area contributed by atoms with Crippen molar-refractivity contribution in [3.8, 4) is 0 Å². The van der Waals surface area contributed by atoms with Gasteiger partial charge in [-0.2, -0.15) is 0 Å². The average Bonchev–Trinajstić information content (AvgIpc) is 2.28. The van der Waals surface area contributed by atoms with E-state index < -0.39 is 4.92 Å². The van der Waals surface area contributed by atoms with Crippen molar-refractivity contribution in [2.75, 3.05) is 6.54 Å². The van der Waals surface area contributed by atoms with E-state index in [4.69, 9.17) is 11.6 Å². The standard InChI is InChI=1S/C12H15ClN2O3/c1-8(2)6-7-14-12(16)9-4-3-5-10(11(9)13)15(17)18/h3-5,8H,6-7H2,1-2H3,(H,14,16). The number of nitrogens with zero attached hydrogens (tertiary/aromatic N) is 1. The van der Waals surface area contributed by atoms with Gasteiger partial charge in [-0.1, -0.05) is 31.5 Å². The Bertz CT molecular complexity index is 461. The Labute approximate surface area is 110 Å². The Morgan fingerprint density at radius 1 is 1.50 bits per heavy atom. The van der Waals surface area contributed by atoms with Crippen molar-refractivity contribution >= 4 is 23.2 Å². The maximum atomic E-state index is 11.8. The van der Waals surface area contributed by atoms with Gasteiger partial charge in [-0.25, -0.2) is 0 Å². The number of carbonyl (C=O) groups is 1. The van der Waals surface area contributed by atoms with Crippen molar-refractivity contribution in [1.82, 2.24) is 5.32 Å². The van der Waals surface area contributed by atoms with Crippen LogP contribution in [0, 0.1) is 16.0 Å². The van der Waals surface area contributed by atoms with Gasteiger partial charge in [0.1, 0.15) is 5.02 Å². The third-order valence-electron chi connectivity index (χ3n) is 2.43. The topological polar surface area (TPSA) is 72.2 Å². The number of nitro groups is 1. The van der Waals surface area contributed by atoms with Gasteiger partial charge in [-0.3, -0.25) is 14.9 Å². The molecular weight excluding hydrogens is 256 g/mol. The Hall–Kier alpha value is -1.62. The molecule has 98 valence electrons. The summed E-state index contributed by atoms with van der Waals surface area (Å²) in [6, 6.07) is 4.19. The van der Waals surface area contributed by atoms with Crippen molar-refractivity contribution in [1.29, 1.82) is 0 Å². The van der Waals surface area contributed by atoms with E-state index in [9.17, 15) is 14.9 Å². The zero-order valence-corrected chi connectivity index (χ0v) is 11.0. The predicted octanol–water partition coefficient (Wildman–Crippen LogP) is 3.02. The third-order valence-corrected chi connectivity index (χ3v) is 2.82. The molecule has 0 aromatic heterocycles. The Kier molecular flexibility index (Phi) is 5.09. The second kappa shape index (κ2) is 6.35. The summed E-state index contributed by atoms with van der Waals surface area (Å²) >= 11 is 5.84. The van der Waals surface area contributed by atoms with Gasteiger partial charge in [0, 0.05) is 12.6 Å². The molecule has 6 heteroatoms. The van der Waals surface area contributed by atoms with Crippen molar-refractivity contribution in [2.24, 2.45) is 5.92 Å². The zero-order valence-electron chi connectivity index (χ0n) is 10.3. The van der Waals surface area contributed by atoms with E-state index >= 15 is 0 Å². The van der Waals surface area contributed by atoms with Crippen LogP contribution in [0.15, 0.2) is 18.2 Å². The van der Waals surface area contributed by atoms with E-state index in [-0.39, 0.29) is 22.2 Å². The van der Waals surface area contributed by atoms with Crippen LogP contribution in [0.2, 0.25) is 5.02 Å². The van der Waals surface area contributed by atoms with Crippen molar-refractivity contribution < 1.29 is 9.72 Å². The summed E-state index contributed by atoms with van der Waals surface area (Å²) < 4.78 is 0. The summed E-state index contributed by atoms with van der Waals surface area (Å²) in [5.74, 6) is 0.0928. The smallest absolute Gasteiger partial charge is 0.288 e. The molecule has 0 aliphatic heterocycles. The second-order valence-corrected chi connectivity index (χ2v) is 4.71. The molecule has 0 spiro atoms. The van der Waals surface area contributed by atoms with E-state index in [2.05, 4.69) is 5.32 Å². The largest absolute Gasteiger partial charge is 0.352 e. The Balaban J connectivity index is 2.80. The van der Waals surface area contributed by atoms with Crippen LogP contribution in [0.4, 0.5) is 5.69 Å². The quantitative estimate of drug-likeness (QED) is 0.660. The minimum Gasteiger partial charge on any atom is -0.352 e. The van der Waals surface area contributed by atoms with Crippen LogP contribution in [0.1, 0.15) is 30.6 Å². The maximum absolute atomic E-state index is 11.8. The maximum Gasteiger partial charge on any atom is 0.288 e. The molecule has 0 saturated heterocycles. The van der Waals surface area contributed by atoms with Gasteiger partial charge >= 0.3 is 0 Å². The molecule has 1 aromatic rings. The lowest BCUT2D eigenvalue weighted by molar-refractivity contribution is -0.384. The number of nitrogens with one attached hydrogen (secondary N) is 1. The third kappa shape index (κ3) is 3.70. The number of amides is 1. The molecule has 0 aliphatic carbocycles. The first-order valence-corrected chi connectivity index (χ1v) is 6.02. The van der Waals surface area contributed by atoms with Crippen LogP contribution in [-0.4, -0.2) is 17.4 Å². The van der Waals surface area contributed by atoms with Crippen LogP contribution in [-0.2, 0) is 0 Å². The van der Waals surface area contributed by atoms with E-state index in [1.54, 1.807) is 0 Å². The van der Waals surface area contributed by atoms with Gasteiger partial charge in [0.05, 0.1) is 10.5 Å². The Morgan fingerprint density at radius 3 is 2.72 bits per heavy atom. The molecule has 0 aliphatic rings. The molecule has 5 nitrogen and oxygen atoms in total. The first kappa shape index (κ1) is 14.4. The molecule has 1 rings (SSSR count). The summed E-state index contributed by atoms with van der Waals surface area (Å²) in [4.78, 5) is 21.9. The first-order chi connectivity index (χ1) is 8.43. The zero-order chi connectivity index (χ0) is 13.7. The van der Waals surface area contributed by atoms with Gasteiger partial charge < -0.3 is 5.32 Å². The SMILES string of the molecule is CC(C)CCNC(=O)c1cccc([N+](=O)[O-])c1Cl. The summed E-state index contributed by atoms with van der Waals surface area (Å²) in [5.41, 5.74) is -0.122. The molecule has 1 N–H and O–H groups in total. The molecule has 0 saturated carbocycles. The monoisotopic (exact) mass is 270 g/mol. The number of rotatable bonds is 5. The van der Waals surface area contributed by atoms with Crippen LogP contribution in [0.3, 0.4) is 0 Å². The average molecular weight is 271 g/mol. The highest BCUT2D eigenvalue weighted by molar-refractivity contribution is 6.35. The Morgan fingerprint density at radius 2 is 2.17 bits per heavy atom. The lowest BCUT2D eigenvalue weighted by Gasteiger charge is -2.08. The molecule has 0 bridgehead atoms. The van der Waals surface area contributed by atoms with E-state index in [1.807, 2.05) is 13.8 Å². The number of nitro benzene ring substituents is 1. The van der Waals surface area contributed by atoms with Crippen molar-refractivity contribution in [2.45, 2.75) is 20.3 Å². The number of benzene rings is 1. The molecule has 18 heavy (non-hydrogen) atoms. The summed E-state index contributed by atoms with van der Waals surface area (Å²) in [5, 5.41) is 13.3. The van der Waals surface area contributed by atoms with Crippen LogP contribution in [0.5, 0.6) is 0 Å². The van der Waals surface area contributed by atoms with Crippen molar-refractivity contribution in [3.05, 3.63) is 38.9 Å². The molecule has 1 aromatic carbocycles. The molecule has 0 unspecified atom stereocenters. The minimum atomic E-state index is -0.604. The fourth-order valence-electron chi connectivity index (χ4n) is 1.41. The minimum absolute atomic E-state index is 0.121. The van der Waals surface area contributed by atoms with Gasteiger partial charge in [-0.05, 0) is 18.4 Å². The summed E-state index contributed by atoms with van der Waals surface area (Å²) in [7, 11) is 0. The second-order valence-electron chi connectivity index (χ2n) is 4.33. The molecule has 0 atom stereocenters. The van der Waals surface area contributed by atoms with Crippen LogP contribution >= 0.6 is 11.6 Å². The van der Waals surface area contributed by atoms with Gasteiger partial charge in [-0.15, -0.1) is 0 Å². The highest BCUT2D eigenvalue weighted by Crippen LogP contribution is 2.27. The van der Waals surface area contributed by atoms with Gasteiger partial charge in [0.2, 0.25) is 0 Å². The van der Waals surface area contributed by atoms with E-state index in [0.29, 0.717) is 12.5 Å². The van der Waals surface area contributed by atoms with Crippen LogP contribution < -0.4 is 5.32 Å². The highest BCUT2D eigenvalue weighted by atomic mass is 35.5. The molecule has 1 amide bonds. The molecule has 0 heterocycles.